The largest absolute Gasteiger partial charge is 0.330 e. The highest BCUT2D eigenvalue weighted by Crippen LogP contribution is 2.32. The summed E-state index contributed by atoms with van der Waals surface area (Å²) >= 11 is 0. The van der Waals surface area contributed by atoms with Gasteiger partial charge < -0.3 is 5.73 Å². The van der Waals surface area contributed by atoms with E-state index in [9.17, 15) is 0 Å². The van der Waals surface area contributed by atoms with Crippen LogP contribution in [0.2, 0.25) is 0 Å². The molecule has 3 heteroatoms. The average Bonchev–Trinajstić information content (AvgIpc) is 2.98. The van der Waals surface area contributed by atoms with Gasteiger partial charge in [0.25, 0.3) is 0 Å². The molecular formula is C15H31N3. The molecule has 0 aromatic rings. The zero-order valence-electron chi connectivity index (χ0n) is 12.4. The van der Waals surface area contributed by atoms with Crippen LogP contribution < -0.4 is 5.73 Å². The molecule has 0 radical (unpaired) electrons. The molecule has 3 atom stereocenters. The summed E-state index contributed by atoms with van der Waals surface area (Å²) in [6.07, 6.45) is 5.44. The van der Waals surface area contributed by atoms with Crippen LogP contribution in [0.5, 0.6) is 0 Å². The number of likely N-dealkylation sites (tertiary alicyclic amines) is 1. The lowest BCUT2D eigenvalue weighted by atomic mass is 10.00. The topological polar surface area (TPSA) is 32.5 Å². The highest BCUT2D eigenvalue weighted by atomic mass is 15.3. The second-order valence-electron chi connectivity index (χ2n) is 6.36. The molecule has 3 unspecified atom stereocenters. The Labute approximate surface area is 113 Å². The molecule has 1 saturated carbocycles. The fraction of sp³-hybridized carbons (Fsp3) is 1.00. The Kier molecular flexibility index (Phi) is 5.05. The first-order chi connectivity index (χ1) is 8.67. The van der Waals surface area contributed by atoms with Crippen LogP contribution in [0.25, 0.3) is 0 Å². The van der Waals surface area contributed by atoms with E-state index < -0.39 is 0 Å². The highest BCUT2D eigenvalue weighted by molar-refractivity contribution is 4.92. The summed E-state index contributed by atoms with van der Waals surface area (Å²) in [6, 6.07) is 2.23. The Bertz CT molecular complexity index is 254. The van der Waals surface area contributed by atoms with Gasteiger partial charge in [0.2, 0.25) is 0 Å². The first-order valence-electron chi connectivity index (χ1n) is 7.87. The quantitative estimate of drug-likeness (QED) is 0.812. The van der Waals surface area contributed by atoms with Crippen molar-refractivity contribution in [3.8, 4) is 0 Å². The second-order valence-corrected chi connectivity index (χ2v) is 6.36. The molecule has 106 valence electrons. The molecule has 0 bridgehead atoms. The summed E-state index contributed by atoms with van der Waals surface area (Å²) < 4.78 is 0. The van der Waals surface area contributed by atoms with Crippen LogP contribution in [0, 0.1) is 5.92 Å². The average molecular weight is 253 g/mol. The zero-order chi connectivity index (χ0) is 13.1. The minimum atomic E-state index is 0.697. The van der Waals surface area contributed by atoms with Gasteiger partial charge in [-0.3, -0.25) is 9.80 Å². The van der Waals surface area contributed by atoms with Crippen LogP contribution >= 0.6 is 0 Å². The van der Waals surface area contributed by atoms with E-state index in [0.29, 0.717) is 6.04 Å². The van der Waals surface area contributed by atoms with E-state index in [2.05, 4.69) is 30.6 Å². The first-order valence-corrected chi connectivity index (χ1v) is 7.87. The Morgan fingerprint density at radius 3 is 2.61 bits per heavy atom. The molecule has 2 aliphatic rings. The van der Waals surface area contributed by atoms with E-state index in [0.717, 1.165) is 24.5 Å². The van der Waals surface area contributed by atoms with Gasteiger partial charge in [0.05, 0.1) is 0 Å². The van der Waals surface area contributed by atoms with E-state index in [-0.39, 0.29) is 0 Å². The van der Waals surface area contributed by atoms with Gasteiger partial charge >= 0.3 is 0 Å². The number of likely N-dealkylation sites (N-methyl/N-ethyl adjacent to an activating group) is 1. The van der Waals surface area contributed by atoms with Crippen molar-refractivity contribution in [3.63, 3.8) is 0 Å². The molecule has 1 heterocycles. The fourth-order valence-electron chi connectivity index (χ4n) is 4.00. The van der Waals surface area contributed by atoms with E-state index >= 15 is 0 Å². The van der Waals surface area contributed by atoms with Gasteiger partial charge in [-0.2, -0.15) is 0 Å². The van der Waals surface area contributed by atoms with E-state index in [1.807, 2.05) is 0 Å². The molecular weight excluding hydrogens is 222 g/mol. The Morgan fingerprint density at radius 2 is 2.06 bits per heavy atom. The number of hydrogen-bond acceptors (Lipinski definition) is 3. The number of nitrogens with zero attached hydrogens (tertiary/aromatic N) is 2. The van der Waals surface area contributed by atoms with Crippen molar-refractivity contribution < 1.29 is 0 Å². The van der Waals surface area contributed by atoms with Crippen LogP contribution in [0.15, 0.2) is 0 Å². The molecule has 1 aliphatic carbocycles. The molecule has 0 spiro atoms. The summed E-state index contributed by atoms with van der Waals surface area (Å²) in [5.74, 6) is 0.748. The van der Waals surface area contributed by atoms with Crippen molar-refractivity contribution in [1.29, 1.82) is 0 Å². The summed E-state index contributed by atoms with van der Waals surface area (Å²) in [6.45, 7) is 11.6. The predicted octanol–water partition coefficient (Wildman–Crippen LogP) is 1.92. The third-order valence-corrected chi connectivity index (χ3v) is 5.11. The predicted molar refractivity (Wildman–Crippen MR) is 77.7 cm³/mol. The molecule has 18 heavy (non-hydrogen) atoms. The van der Waals surface area contributed by atoms with Crippen LogP contribution in [-0.4, -0.2) is 54.1 Å². The summed E-state index contributed by atoms with van der Waals surface area (Å²) in [5, 5.41) is 0. The standard InChI is InChI=1S/C15H31N3/c1-4-18(15-7-5-6-13(15)10-16)14-8-9-17(11-14)12(2)3/h12-15H,4-11,16H2,1-3H3. The third-order valence-electron chi connectivity index (χ3n) is 5.11. The molecule has 0 aromatic heterocycles. The molecule has 0 amide bonds. The molecule has 2 fully saturated rings. The Hall–Kier alpha value is -0.120. The second kappa shape index (κ2) is 6.36. The molecule has 0 aromatic carbocycles. The lowest BCUT2D eigenvalue weighted by Gasteiger charge is -2.37. The van der Waals surface area contributed by atoms with Crippen molar-refractivity contribution in [2.75, 3.05) is 26.2 Å². The van der Waals surface area contributed by atoms with E-state index in [1.165, 1.54) is 45.3 Å². The van der Waals surface area contributed by atoms with Crippen molar-refractivity contribution >= 4 is 0 Å². The van der Waals surface area contributed by atoms with Gasteiger partial charge in [0, 0.05) is 31.2 Å². The maximum absolute atomic E-state index is 5.95. The minimum absolute atomic E-state index is 0.697. The number of rotatable bonds is 5. The fourth-order valence-corrected chi connectivity index (χ4v) is 4.00. The third kappa shape index (κ3) is 2.89. The van der Waals surface area contributed by atoms with Crippen molar-refractivity contribution in [2.24, 2.45) is 11.7 Å². The zero-order valence-corrected chi connectivity index (χ0v) is 12.4. The lowest BCUT2D eigenvalue weighted by molar-refractivity contribution is 0.112. The normalized spacial score (nSPS) is 34.0. The van der Waals surface area contributed by atoms with Crippen LogP contribution in [0.3, 0.4) is 0 Å². The summed E-state index contributed by atoms with van der Waals surface area (Å²) in [7, 11) is 0. The summed E-state index contributed by atoms with van der Waals surface area (Å²) in [4.78, 5) is 5.40. The van der Waals surface area contributed by atoms with Crippen molar-refractivity contribution in [2.45, 2.75) is 64.6 Å². The lowest BCUT2D eigenvalue weighted by Crippen LogP contribution is -2.47. The summed E-state index contributed by atoms with van der Waals surface area (Å²) in [5.41, 5.74) is 5.95. The maximum Gasteiger partial charge on any atom is 0.0238 e. The van der Waals surface area contributed by atoms with E-state index in [1.54, 1.807) is 0 Å². The van der Waals surface area contributed by atoms with Gasteiger partial charge in [0.1, 0.15) is 0 Å². The molecule has 2 N–H and O–H groups in total. The minimum Gasteiger partial charge on any atom is -0.330 e. The van der Waals surface area contributed by atoms with Crippen LogP contribution in [-0.2, 0) is 0 Å². The first kappa shape index (κ1) is 14.3. The van der Waals surface area contributed by atoms with E-state index in [4.69, 9.17) is 5.73 Å². The Balaban J connectivity index is 1.97. The SMILES string of the molecule is CCN(C1CCN(C(C)C)C1)C1CCCC1CN. The van der Waals surface area contributed by atoms with Gasteiger partial charge in [-0.15, -0.1) is 0 Å². The number of nitrogens with two attached hydrogens (primary N) is 1. The van der Waals surface area contributed by atoms with Gasteiger partial charge in [-0.25, -0.2) is 0 Å². The van der Waals surface area contributed by atoms with Crippen LogP contribution in [0.4, 0.5) is 0 Å². The van der Waals surface area contributed by atoms with Gasteiger partial charge in [-0.05, 0) is 52.1 Å². The van der Waals surface area contributed by atoms with Crippen molar-refractivity contribution in [3.05, 3.63) is 0 Å². The number of hydrogen-bond donors (Lipinski definition) is 1. The smallest absolute Gasteiger partial charge is 0.0238 e. The monoisotopic (exact) mass is 253 g/mol. The van der Waals surface area contributed by atoms with Crippen LogP contribution in [0.1, 0.15) is 46.5 Å². The molecule has 2 rings (SSSR count). The molecule has 3 nitrogen and oxygen atoms in total. The Morgan fingerprint density at radius 1 is 1.28 bits per heavy atom. The molecule has 1 saturated heterocycles. The highest BCUT2D eigenvalue weighted by Gasteiger charge is 2.36. The van der Waals surface area contributed by atoms with Gasteiger partial charge in [0.15, 0.2) is 0 Å². The molecule has 1 aliphatic heterocycles. The van der Waals surface area contributed by atoms with Gasteiger partial charge in [-0.1, -0.05) is 13.3 Å². The van der Waals surface area contributed by atoms with Crippen molar-refractivity contribution in [1.82, 2.24) is 9.80 Å². The maximum atomic E-state index is 5.95.